The molecule has 0 unspecified atom stereocenters. The van der Waals surface area contributed by atoms with Crippen molar-refractivity contribution in [2.24, 2.45) is 5.92 Å². The third-order valence-electron chi connectivity index (χ3n) is 6.58. The minimum absolute atomic E-state index is 0.135. The lowest BCUT2D eigenvalue weighted by Gasteiger charge is -2.34. The Labute approximate surface area is 202 Å². The van der Waals surface area contributed by atoms with Gasteiger partial charge in [-0.3, -0.25) is 19.3 Å². The minimum atomic E-state index is -0.954. The van der Waals surface area contributed by atoms with Gasteiger partial charge >= 0.3 is 12.0 Å². The molecule has 1 spiro atoms. The Bertz CT molecular complexity index is 1180. The largest absolute Gasteiger partial charge is 0.454 e. The van der Waals surface area contributed by atoms with E-state index < -0.39 is 42.5 Å². The molecule has 0 atom stereocenters. The van der Waals surface area contributed by atoms with Gasteiger partial charge in [-0.05, 0) is 43.7 Å². The second-order valence-corrected chi connectivity index (χ2v) is 8.73. The molecular weight excluding hydrogens is 452 g/mol. The number of ether oxygens (including phenoxy) is 1. The van der Waals surface area contributed by atoms with Gasteiger partial charge in [0.05, 0.1) is 11.9 Å². The molecule has 1 aromatic heterocycles. The first-order chi connectivity index (χ1) is 16.9. The van der Waals surface area contributed by atoms with E-state index in [0.29, 0.717) is 24.4 Å². The van der Waals surface area contributed by atoms with E-state index >= 15 is 0 Å². The number of para-hydroxylation sites is 1. The topological polar surface area (TPSA) is 146 Å². The van der Waals surface area contributed by atoms with Gasteiger partial charge in [0, 0.05) is 0 Å². The van der Waals surface area contributed by atoms with E-state index in [9.17, 15) is 24.4 Å². The van der Waals surface area contributed by atoms with Gasteiger partial charge in [-0.15, -0.1) is 0 Å². The number of hydrogen-bond acceptors (Lipinski definition) is 7. The molecule has 1 saturated heterocycles. The van der Waals surface area contributed by atoms with E-state index in [0.717, 1.165) is 24.2 Å². The molecule has 4 rings (SSSR count). The second kappa shape index (κ2) is 9.97. The number of nitrogens with one attached hydrogen (secondary N) is 2. The molecule has 11 heteroatoms. The van der Waals surface area contributed by atoms with Gasteiger partial charge in [0.1, 0.15) is 23.7 Å². The summed E-state index contributed by atoms with van der Waals surface area (Å²) in [6, 6.07) is 10.2. The number of anilines is 1. The van der Waals surface area contributed by atoms with Crippen molar-refractivity contribution in [3.05, 3.63) is 42.1 Å². The van der Waals surface area contributed by atoms with Crippen molar-refractivity contribution in [2.75, 3.05) is 18.5 Å². The normalized spacial score (nSPS) is 21.5. The first kappa shape index (κ1) is 23.9. The van der Waals surface area contributed by atoms with E-state index in [2.05, 4.69) is 22.7 Å². The number of urea groups is 1. The number of amides is 4. The Morgan fingerprint density at radius 3 is 2.63 bits per heavy atom. The molecule has 0 bridgehead atoms. The third-order valence-corrected chi connectivity index (χ3v) is 6.58. The molecule has 2 aromatic rings. The Morgan fingerprint density at radius 1 is 1.26 bits per heavy atom. The van der Waals surface area contributed by atoms with Crippen LogP contribution in [0.3, 0.4) is 0 Å². The number of carbonyl (C=O) groups excluding carboxylic acids is 4. The molecule has 2 aliphatic rings. The van der Waals surface area contributed by atoms with E-state index in [1.165, 1.54) is 10.9 Å². The fourth-order valence-corrected chi connectivity index (χ4v) is 4.54. The zero-order chi connectivity index (χ0) is 25.0. The summed E-state index contributed by atoms with van der Waals surface area (Å²) >= 11 is 0. The molecule has 1 aliphatic heterocycles. The first-order valence-electron chi connectivity index (χ1n) is 11.5. The Balaban J connectivity index is 1.33. The Hall–Kier alpha value is -4.20. The van der Waals surface area contributed by atoms with Crippen LogP contribution in [0.5, 0.6) is 0 Å². The number of aromatic nitrogens is 2. The summed E-state index contributed by atoms with van der Waals surface area (Å²) < 4.78 is 6.39. The molecule has 35 heavy (non-hydrogen) atoms. The molecule has 1 aliphatic carbocycles. The maximum absolute atomic E-state index is 12.9. The van der Waals surface area contributed by atoms with Gasteiger partial charge in [0.2, 0.25) is 0 Å². The summed E-state index contributed by atoms with van der Waals surface area (Å²) in [6.07, 6.45) is 5.10. The highest BCUT2D eigenvalue weighted by Crippen LogP contribution is 2.37. The van der Waals surface area contributed by atoms with Gasteiger partial charge in [0.25, 0.3) is 11.8 Å². The maximum Gasteiger partial charge on any atom is 0.326 e. The van der Waals surface area contributed by atoms with Gasteiger partial charge in [0.15, 0.2) is 12.4 Å². The van der Waals surface area contributed by atoms with Crippen LogP contribution >= 0.6 is 0 Å². The number of nitriles is 1. The number of rotatable bonds is 7. The highest BCUT2D eigenvalue weighted by Gasteiger charge is 2.52. The monoisotopic (exact) mass is 478 g/mol. The van der Waals surface area contributed by atoms with Crippen LogP contribution in [0.25, 0.3) is 5.69 Å². The molecule has 1 aromatic carbocycles. The average molecular weight is 479 g/mol. The zero-order valence-corrected chi connectivity index (χ0v) is 19.3. The highest BCUT2D eigenvalue weighted by molar-refractivity contribution is 6.08. The van der Waals surface area contributed by atoms with Crippen molar-refractivity contribution < 1.29 is 23.9 Å². The first-order valence-corrected chi connectivity index (χ1v) is 11.5. The van der Waals surface area contributed by atoms with Crippen LogP contribution in [0.4, 0.5) is 10.6 Å². The lowest BCUT2D eigenvalue weighted by atomic mass is 9.75. The van der Waals surface area contributed by atoms with Gasteiger partial charge < -0.3 is 15.4 Å². The minimum Gasteiger partial charge on any atom is -0.454 e. The third kappa shape index (κ3) is 4.87. The van der Waals surface area contributed by atoms with Crippen LogP contribution in [-0.2, 0) is 19.1 Å². The number of imide groups is 1. The van der Waals surface area contributed by atoms with E-state index in [1.54, 1.807) is 24.3 Å². The standard InChI is InChI=1S/C24H26N6O5/c1-2-16-8-10-24(11-9-16)22(33)29(23(34)28-24)14-20(32)35-15-19(31)27-21-17(12-25)13-26-30(21)18-6-4-3-5-7-18/h3-7,13,16H,2,8-11,14-15H2,1H3,(H,27,31)(H,28,34). The number of benzene rings is 1. The number of esters is 1. The van der Waals surface area contributed by atoms with Gasteiger partial charge in [-0.1, -0.05) is 31.5 Å². The van der Waals surface area contributed by atoms with E-state index in [4.69, 9.17) is 4.74 Å². The summed E-state index contributed by atoms with van der Waals surface area (Å²) in [5.74, 6) is -1.34. The maximum atomic E-state index is 12.9. The molecular formula is C24H26N6O5. The predicted molar refractivity (Wildman–Crippen MR) is 123 cm³/mol. The second-order valence-electron chi connectivity index (χ2n) is 8.73. The van der Waals surface area contributed by atoms with Gasteiger partial charge in [-0.25, -0.2) is 9.48 Å². The van der Waals surface area contributed by atoms with Crippen molar-refractivity contribution in [1.82, 2.24) is 20.0 Å². The van der Waals surface area contributed by atoms with Crippen LogP contribution in [0.1, 0.15) is 44.6 Å². The molecule has 4 amide bonds. The summed E-state index contributed by atoms with van der Waals surface area (Å²) in [5, 5.41) is 18.8. The quantitative estimate of drug-likeness (QED) is 0.458. The molecule has 2 heterocycles. The lowest BCUT2D eigenvalue weighted by Crippen LogP contribution is -2.49. The predicted octanol–water partition coefficient (Wildman–Crippen LogP) is 2.12. The average Bonchev–Trinajstić information content (AvgIpc) is 3.37. The molecule has 2 N–H and O–H groups in total. The molecule has 11 nitrogen and oxygen atoms in total. The fourth-order valence-electron chi connectivity index (χ4n) is 4.54. The summed E-state index contributed by atoms with van der Waals surface area (Å²) in [6.45, 7) is 0.867. The summed E-state index contributed by atoms with van der Waals surface area (Å²) in [4.78, 5) is 51.0. The lowest BCUT2D eigenvalue weighted by molar-refractivity contribution is -0.150. The SMILES string of the molecule is CCC1CCC2(CC1)NC(=O)N(CC(=O)OCC(=O)Nc1c(C#N)cnn1-c1ccccc1)C2=O. The van der Waals surface area contributed by atoms with E-state index in [-0.39, 0.29) is 11.4 Å². The fraction of sp³-hybridized carbons (Fsp3) is 0.417. The molecule has 1 saturated carbocycles. The van der Waals surface area contributed by atoms with Crippen molar-refractivity contribution in [3.8, 4) is 11.8 Å². The smallest absolute Gasteiger partial charge is 0.326 e. The number of carbonyl (C=O) groups is 4. The molecule has 2 fully saturated rings. The summed E-state index contributed by atoms with van der Waals surface area (Å²) in [7, 11) is 0. The molecule has 182 valence electrons. The van der Waals surface area contributed by atoms with E-state index in [1.807, 2.05) is 12.1 Å². The van der Waals surface area contributed by atoms with Crippen molar-refractivity contribution in [1.29, 1.82) is 5.26 Å². The highest BCUT2D eigenvalue weighted by atomic mass is 16.5. The zero-order valence-electron chi connectivity index (χ0n) is 19.3. The Morgan fingerprint density at radius 2 is 1.97 bits per heavy atom. The van der Waals surface area contributed by atoms with Crippen molar-refractivity contribution in [3.63, 3.8) is 0 Å². The molecule has 0 radical (unpaired) electrons. The van der Waals surface area contributed by atoms with Crippen molar-refractivity contribution >= 4 is 29.6 Å². The summed E-state index contributed by atoms with van der Waals surface area (Å²) in [5.41, 5.74) is -0.193. The van der Waals surface area contributed by atoms with Crippen LogP contribution < -0.4 is 10.6 Å². The van der Waals surface area contributed by atoms with Gasteiger partial charge in [-0.2, -0.15) is 10.4 Å². The number of hydrogen-bond donors (Lipinski definition) is 2. The van der Waals surface area contributed by atoms with Crippen LogP contribution in [0.2, 0.25) is 0 Å². The number of nitrogens with zero attached hydrogens (tertiary/aromatic N) is 4. The van der Waals surface area contributed by atoms with Crippen LogP contribution in [-0.4, -0.2) is 57.2 Å². The Kier molecular flexibility index (Phi) is 6.82. The van der Waals surface area contributed by atoms with Crippen LogP contribution in [0.15, 0.2) is 36.5 Å². The van der Waals surface area contributed by atoms with Crippen LogP contribution in [0, 0.1) is 17.2 Å². The van der Waals surface area contributed by atoms with Crippen molar-refractivity contribution in [2.45, 2.75) is 44.6 Å².